The van der Waals surface area contributed by atoms with Crippen LogP contribution in [-0.2, 0) is 15.6 Å². The molecule has 0 aliphatic rings. The van der Waals surface area contributed by atoms with Gasteiger partial charge in [0, 0.05) is 21.2 Å². The molecule has 146 valence electrons. The summed E-state index contributed by atoms with van der Waals surface area (Å²) < 4.78 is 29.3. The van der Waals surface area contributed by atoms with Gasteiger partial charge in [0.2, 0.25) is 10.9 Å². The van der Waals surface area contributed by atoms with Crippen LogP contribution in [0.3, 0.4) is 0 Å². The van der Waals surface area contributed by atoms with E-state index in [2.05, 4.69) is 4.72 Å². The highest BCUT2D eigenvalue weighted by Gasteiger charge is 2.23. The monoisotopic (exact) mass is 435 g/mol. The van der Waals surface area contributed by atoms with E-state index in [1.54, 1.807) is 31.2 Å². The van der Waals surface area contributed by atoms with Gasteiger partial charge in [0.1, 0.15) is 4.88 Å². The van der Waals surface area contributed by atoms with Crippen molar-refractivity contribution in [3.05, 3.63) is 64.0 Å². The van der Waals surface area contributed by atoms with E-state index in [4.69, 9.17) is 16.3 Å². The van der Waals surface area contributed by atoms with Crippen LogP contribution in [0.2, 0.25) is 5.02 Å². The van der Waals surface area contributed by atoms with Crippen LogP contribution in [-0.4, -0.2) is 21.0 Å². The molecular formula is C20H18ClNO4S2. The molecule has 0 saturated heterocycles. The van der Waals surface area contributed by atoms with E-state index in [1.807, 2.05) is 31.2 Å². The van der Waals surface area contributed by atoms with Crippen LogP contribution in [0, 0.1) is 6.92 Å². The molecule has 0 aliphatic heterocycles. The van der Waals surface area contributed by atoms with Gasteiger partial charge >= 0.3 is 5.97 Å². The van der Waals surface area contributed by atoms with Crippen molar-refractivity contribution < 1.29 is 17.9 Å². The molecule has 0 fully saturated rings. The number of thiol groups is 1. The second-order valence-corrected chi connectivity index (χ2v) is 8.13. The molecule has 0 aliphatic carbocycles. The summed E-state index contributed by atoms with van der Waals surface area (Å²) in [4.78, 5) is 14.0. The van der Waals surface area contributed by atoms with E-state index < -0.39 is 10.9 Å². The van der Waals surface area contributed by atoms with Gasteiger partial charge in [0.15, 0.2) is 0 Å². The number of hydrogen-bond donors (Lipinski definition) is 2. The Morgan fingerprint density at radius 3 is 2.25 bits per heavy atom. The predicted molar refractivity (Wildman–Crippen MR) is 115 cm³/mol. The fraction of sp³-hybridized carbons (Fsp3) is 0.150. The van der Waals surface area contributed by atoms with Gasteiger partial charge in [-0.1, -0.05) is 35.9 Å². The van der Waals surface area contributed by atoms with E-state index >= 15 is 0 Å². The molecule has 3 rings (SSSR count). The third kappa shape index (κ3) is 4.38. The molecule has 5 nitrogen and oxygen atoms in total. The average molecular weight is 436 g/mol. The van der Waals surface area contributed by atoms with E-state index in [0.29, 0.717) is 15.6 Å². The zero-order valence-corrected chi connectivity index (χ0v) is 17.7. The molecule has 0 amide bonds. The van der Waals surface area contributed by atoms with Crippen LogP contribution in [0.5, 0.6) is 0 Å². The second kappa shape index (κ2) is 8.77. The van der Waals surface area contributed by atoms with Crippen LogP contribution in [0.4, 0.5) is 5.69 Å². The molecule has 2 aromatic carbocycles. The summed E-state index contributed by atoms with van der Waals surface area (Å²) in [5, 5.41) is 0.642. The Bertz CT molecular complexity index is 1060. The molecule has 0 bridgehead atoms. The summed E-state index contributed by atoms with van der Waals surface area (Å²) in [5.74, 6) is -0.379. The lowest BCUT2D eigenvalue weighted by Crippen LogP contribution is -2.04. The van der Waals surface area contributed by atoms with E-state index in [1.165, 1.54) is 11.3 Å². The summed E-state index contributed by atoms with van der Waals surface area (Å²) in [6.45, 7) is 4.01. The molecule has 1 aromatic heterocycles. The molecule has 8 heteroatoms. The average Bonchev–Trinajstić information content (AvgIpc) is 3.00. The number of carbonyl (C=O) groups is 1. The fourth-order valence-corrected chi connectivity index (χ4v) is 4.61. The van der Waals surface area contributed by atoms with Gasteiger partial charge in [0.05, 0.1) is 6.61 Å². The molecule has 3 aromatic rings. The third-order valence-corrected chi connectivity index (χ3v) is 6.12. The number of hydrogen-bond acceptors (Lipinski definition) is 5. The quantitative estimate of drug-likeness (QED) is 0.414. The number of halogens is 1. The summed E-state index contributed by atoms with van der Waals surface area (Å²) >= 11 is 7.37. The maximum atomic E-state index is 12.6. The maximum Gasteiger partial charge on any atom is 0.348 e. The molecule has 0 saturated carbocycles. The SMILES string of the molecule is CCOC(=O)c1sc(-c2ccc(Cl)cc2)c(C)c1-c1ccc(N[SH](=O)=O)cc1. The Hall–Kier alpha value is -2.35. The number of esters is 1. The summed E-state index contributed by atoms with van der Waals surface area (Å²) in [6.07, 6.45) is 0. The first-order chi connectivity index (χ1) is 13.4. The summed E-state index contributed by atoms with van der Waals surface area (Å²) in [5.41, 5.74) is 3.97. The van der Waals surface area contributed by atoms with Gasteiger partial charge in [0.25, 0.3) is 0 Å². The minimum absolute atomic E-state index is 0.283. The summed E-state index contributed by atoms with van der Waals surface area (Å²) in [6, 6.07) is 14.3. The van der Waals surface area contributed by atoms with Crippen LogP contribution < -0.4 is 4.72 Å². The van der Waals surface area contributed by atoms with E-state index in [9.17, 15) is 13.2 Å². The first-order valence-corrected chi connectivity index (χ1v) is 10.9. The van der Waals surface area contributed by atoms with Crippen molar-refractivity contribution in [3.8, 4) is 21.6 Å². The lowest BCUT2D eigenvalue weighted by atomic mass is 9.99. The van der Waals surface area contributed by atoms with Crippen molar-refractivity contribution in [2.24, 2.45) is 0 Å². The van der Waals surface area contributed by atoms with Crippen molar-refractivity contribution in [1.29, 1.82) is 0 Å². The fourth-order valence-electron chi connectivity index (χ4n) is 2.89. The van der Waals surface area contributed by atoms with Crippen molar-refractivity contribution in [2.75, 3.05) is 11.3 Å². The van der Waals surface area contributed by atoms with Gasteiger partial charge in [-0.25, -0.2) is 13.2 Å². The Labute approximate surface area is 174 Å². The molecule has 28 heavy (non-hydrogen) atoms. The van der Waals surface area contributed by atoms with Gasteiger partial charge in [-0.3, -0.25) is 4.72 Å². The normalized spacial score (nSPS) is 10.9. The minimum atomic E-state index is -2.73. The Morgan fingerprint density at radius 2 is 1.68 bits per heavy atom. The third-order valence-electron chi connectivity index (χ3n) is 4.11. The van der Waals surface area contributed by atoms with Crippen LogP contribution in [0.25, 0.3) is 21.6 Å². The first kappa shape index (κ1) is 20.4. The molecule has 0 radical (unpaired) electrons. The van der Waals surface area contributed by atoms with Crippen LogP contribution in [0.1, 0.15) is 22.2 Å². The number of carbonyl (C=O) groups excluding carboxylic acids is 1. The number of benzene rings is 2. The molecular weight excluding hydrogens is 418 g/mol. The zero-order valence-electron chi connectivity index (χ0n) is 15.2. The molecule has 0 atom stereocenters. The Kier molecular flexibility index (Phi) is 6.39. The Morgan fingerprint density at radius 1 is 1.07 bits per heavy atom. The van der Waals surface area contributed by atoms with Gasteiger partial charge < -0.3 is 4.74 Å². The number of thiophene rings is 1. The molecule has 0 unspecified atom stereocenters. The first-order valence-electron chi connectivity index (χ1n) is 8.48. The smallest absolute Gasteiger partial charge is 0.348 e. The number of rotatable bonds is 6. The lowest BCUT2D eigenvalue weighted by molar-refractivity contribution is 0.0533. The Balaban J connectivity index is 2.12. The van der Waals surface area contributed by atoms with Crippen molar-refractivity contribution >= 4 is 45.5 Å². The number of anilines is 1. The minimum Gasteiger partial charge on any atom is -0.462 e. The van der Waals surface area contributed by atoms with Gasteiger partial charge in [-0.05, 0) is 54.8 Å². The van der Waals surface area contributed by atoms with Crippen molar-refractivity contribution in [2.45, 2.75) is 13.8 Å². The van der Waals surface area contributed by atoms with Crippen LogP contribution in [0.15, 0.2) is 48.5 Å². The highest BCUT2D eigenvalue weighted by molar-refractivity contribution is 7.73. The topological polar surface area (TPSA) is 72.5 Å². The zero-order chi connectivity index (χ0) is 20.3. The molecule has 1 heterocycles. The van der Waals surface area contributed by atoms with Gasteiger partial charge in [-0.2, -0.15) is 0 Å². The number of nitrogens with one attached hydrogen (secondary N) is 1. The highest BCUT2D eigenvalue weighted by atomic mass is 35.5. The predicted octanol–water partition coefficient (Wildman–Crippen LogP) is 5.16. The molecule has 1 N–H and O–H groups in total. The maximum absolute atomic E-state index is 12.6. The number of ether oxygens (including phenoxy) is 1. The van der Waals surface area contributed by atoms with E-state index in [-0.39, 0.29) is 12.6 Å². The van der Waals surface area contributed by atoms with Gasteiger partial charge in [-0.15, -0.1) is 11.3 Å². The second-order valence-electron chi connectivity index (χ2n) is 5.93. The van der Waals surface area contributed by atoms with E-state index in [0.717, 1.165) is 27.1 Å². The lowest BCUT2D eigenvalue weighted by Gasteiger charge is -2.07. The largest absolute Gasteiger partial charge is 0.462 e. The van der Waals surface area contributed by atoms with Crippen molar-refractivity contribution in [1.82, 2.24) is 0 Å². The van der Waals surface area contributed by atoms with Crippen LogP contribution >= 0.6 is 22.9 Å². The highest BCUT2D eigenvalue weighted by Crippen LogP contribution is 2.42. The van der Waals surface area contributed by atoms with Crippen molar-refractivity contribution in [3.63, 3.8) is 0 Å². The summed E-state index contributed by atoms with van der Waals surface area (Å²) in [7, 11) is -2.73. The standard InChI is InChI=1S/C20H18ClNO4S2/c1-3-26-20(23)19-17(13-6-10-16(11-7-13)22-28(24)25)12(2)18(27-19)14-4-8-15(21)9-5-14/h4-11,28H,3H2,1-2H3,(H,22,24,25). The molecule has 0 spiro atoms.